The molecule has 0 bridgehead atoms. The van der Waals surface area contributed by atoms with E-state index in [9.17, 15) is 19.8 Å². The third-order valence-corrected chi connectivity index (χ3v) is 4.58. The fraction of sp³-hybridized carbons (Fsp3) is 0.0455. The number of hydrazine groups is 1. The van der Waals surface area contributed by atoms with E-state index in [2.05, 4.69) is 4.98 Å². The maximum atomic E-state index is 11.9. The molecule has 0 saturated carbocycles. The Morgan fingerprint density at radius 1 is 0.906 bits per heavy atom. The summed E-state index contributed by atoms with van der Waals surface area (Å²) in [5.74, 6) is 1.35. The van der Waals surface area contributed by atoms with E-state index in [0.29, 0.717) is 33.5 Å². The number of carbonyl (C=O) groups is 2. The van der Waals surface area contributed by atoms with E-state index in [-0.39, 0.29) is 12.2 Å². The van der Waals surface area contributed by atoms with E-state index >= 15 is 0 Å². The van der Waals surface area contributed by atoms with Gasteiger partial charge in [0.1, 0.15) is 23.0 Å². The molecule has 0 unspecified atom stereocenters. The van der Waals surface area contributed by atoms with Gasteiger partial charge in [-0.25, -0.2) is 19.6 Å². The fourth-order valence-electron chi connectivity index (χ4n) is 3.18. The van der Waals surface area contributed by atoms with Gasteiger partial charge >= 0.3 is 12.2 Å². The van der Waals surface area contributed by atoms with E-state index in [1.807, 2.05) is 0 Å². The van der Waals surface area contributed by atoms with Gasteiger partial charge in [0.15, 0.2) is 0 Å². The molecule has 0 aliphatic carbocycles. The Bertz CT molecular complexity index is 1260. The van der Waals surface area contributed by atoms with Crippen LogP contribution in [0.25, 0.3) is 5.65 Å². The highest BCUT2D eigenvalue weighted by Gasteiger charge is 2.27. The third kappa shape index (κ3) is 4.38. The van der Waals surface area contributed by atoms with Crippen LogP contribution in [0.1, 0.15) is 5.56 Å². The molecular formula is C22H19N5O5. The summed E-state index contributed by atoms with van der Waals surface area (Å²) in [5.41, 5.74) is 7.16. The first-order chi connectivity index (χ1) is 15.4. The number of nitrogens with zero attached hydrogens (tertiary/aromatic N) is 4. The van der Waals surface area contributed by atoms with Crippen LogP contribution in [0, 0.1) is 0 Å². The number of hydrogen-bond donors (Lipinski definition) is 3. The second-order valence-electron chi connectivity index (χ2n) is 6.81. The Balaban J connectivity index is 1.56. The van der Waals surface area contributed by atoms with Crippen molar-refractivity contribution < 1.29 is 24.5 Å². The van der Waals surface area contributed by atoms with Crippen molar-refractivity contribution in [1.29, 1.82) is 0 Å². The number of fused-ring (bicyclic) bond motifs is 1. The summed E-state index contributed by atoms with van der Waals surface area (Å²) in [6, 6.07) is 18.3. The predicted octanol–water partition coefficient (Wildman–Crippen LogP) is 4.29. The van der Waals surface area contributed by atoms with Crippen molar-refractivity contribution in [2.75, 3.05) is 10.7 Å². The van der Waals surface area contributed by atoms with Crippen LogP contribution in [-0.2, 0) is 6.54 Å². The zero-order valence-electron chi connectivity index (χ0n) is 16.7. The van der Waals surface area contributed by atoms with Gasteiger partial charge in [-0.05, 0) is 42.0 Å². The molecule has 4 aromatic rings. The maximum absolute atomic E-state index is 11.9. The highest BCUT2D eigenvalue weighted by atomic mass is 16.5. The number of nitrogen functional groups attached to an aromatic ring is 1. The minimum atomic E-state index is -1.43. The molecule has 0 saturated heterocycles. The summed E-state index contributed by atoms with van der Waals surface area (Å²) in [7, 11) is 0. The van der Waals surface area contributed by atoms with E-state index < -0.39 is 12.2 Å². The molecule has 2 heterocycles. The molecule has 0 atom stereocenters. The zero-order chi connectivity index (χ0) is 22.7. The van der Waals surface area contributed by atoms with Crippen LogP contribution < -0.4 is 15.5 Å². The zero-order valence-corrected chi connectivity index (χ0v) is 16.7. The quantitative estimate of drug-likeness (QED) is 0.400. The third-order valence-electron chi connectivity index (χ3n) is 4.58. The van der Waals surface area contributed by atoms with E-state index in [0.717, 1.165) is 5.01 Å². The van der Waals surface area contributed by atoms with Gasteiger partial charge in [0, 0.05) is 0 Å². The smallest absolute Gasteiger partial charge is 0.431 e. The summed E-state index contributed by atoms with van der Waals surface area (Å²) >= 11 is 0. The second kappa shape index (κ2) is 8.56. The number of aromatic nitrogens is 2. The Labute approximate surface area is 182 Å². The molecule has 0 spiro atoms. The molecule has 2 aromatic heterocycles. The first-order valence-corrected chi connectivity index (χ1v) is 9.50. The number of anilines is 2. The van der Waals surface area contributed by atoms with E-state index in [4.69, 9.17) is 10.5 Å². The fourth-order valence-corrected chi connectivity index (χ4v) is 3.18. The van der Waals surface area contributed by atoms with Gasteiger partial charge in [0.05, 0.1) is 24.6 Å². The lowest BCUT2D eigenvalue weighted by Crippen LogP contribution is -2.48. The molecule has 0 fully saturated rings. The van der Waals surface area contributed by atoms with Gasteiger partial charge in [-0.3, -0.25) is 0 Å². The monoisotopic (exact) mass is 433 g/mol. The minimum Gasteiger partial charge on any atom is -0.464 e. The first-order valence-electron chi connectivity index (χ1n) is 9.50. The van der Waals surface area contributed by atoms with Crippen molar-refractivity contribution in [3.05, 3.63) is 84.7 Å². The Hall–Kier alpha value is -4.73. The number of amides is 2. The summed E-state index contributed by atoms with van der Waals surface area (Å²) < 4.78 is 7.53. The molecule has 0 radical (unpaired) electrons. The highest BCUT2D eigenvalue weighted by molar-refractivity contribution is 5.89. The Morgan fingerprint density at radius 2 is 1.59 bits per heavy atom. The van der Waals surface area contributed by atoms with Crippen molar-refractivity contribution in [3.8, 4) is 11.5 Å². The normalized spacial score (nSPS) is 10.6. The first kappa shape index (κ1) is 20.5. The van der Waals surface area contributed by atoms with Gasteiger partial charge in [0.25, 0.3) is 0 Å². The lowest BCUT2D eigenvalue weighted by molar-refractivity contribution is 0.127. The van der Waals surface area contributed by atoms with Crippen LogP contribution in [0.15, 0.2) is 79.1 Å². The van der Waals surface area contributed by atoms with E-state index in [1.165, 1.54) is 12.1 Å². The molecule has 4 N–H and O–H groups in total. The van der Waals surface area contributed by atoms with Crippen molar-refractivity contribution in [2.45, 2.75) is 6.54 Å². The second-order valence-corrected chi connectivity index (χ2v) is 6.81. The largest absolute Gasteiger partial charge is 0.464 e. The molecule has 32 heavy (non-hydrogen) atoms. The van der Waals surface area contributed by atoms with Crippen molar-refractivity contribution in [2.24, 2.45) is 0 Å². The number of nitrogens with two attached hydrogens (primary N) is 1. The number of pyridine rings is 1. The number of carboxylic acid groups (broad SMARTS) is 2. The molecule has 0 aliphatic heterocycles. The van der Waals surface area contributed by atoms with Crippen molar-refractivity contribution in [3.63, 3.8) is 0 Å². The number of benzene rings is 2. The average Bonchev–Trinajstić information content (AvgIpc) is 3.14. The van der Waals surface area contributed by atoms with Crippen LogP contribution in [-0.4, -0.2) is 36.8 Å². The van der Waals surface area contributed by atoms with Crippen LogP contribution in [0.3, 0.4) is 0 Å². The Kier molecular flexibility index (Phi) is 5.49. The number of rotatable bonds is 5. The molecule has 4 rings (SSSR count). The van der Waals surface area contributed by atoms with Crippen LogP contribution in [0.4, 0.5) is 21.1 Å². The Morgan fingerprint density at radius 3 is 2.25 bits per heavy atom. The van der Waals surface area contributed by atoms with Gasteiger partial charge in [-0.2, -0.15) is 5.01 Å². The minimum absolute atomic E-state index is 0.130. The standard InChI is InChI=1S/C22H19N5O5/c23-19-14-25-13-18(10-11-20(25)24-19)32-17-8-6-16(7-9-17)27(22(30)31)26(21(28)29)12-15-4-2-1-3-5-15/h1-11,13-14H,12,23H2,(H,28,29)(H,30,31). The maximum Gasteiger partial charge on any atom is 0.431 e. The lowest BCUT2D eigenvalue weighted by Gasteiger charge is -2.30. The topological polar surface area (TPSA) is 134 Å². The van der Waals surface area contributed by atoms with Crippen LogP contribution in [0.2, 0.25) is 0 Å². The van der Waals surface area contributed by atoms with Crippen molar-refractivity contribution in [1.82, 2.24) is 14.4 Å². The molecule has 10 nitrogen and oxygen atoms in total. The summed E-state index contributed by atoms with van der Waals surface area (Å²) in [6.45, 7) is -0.130. The molecule has 2 aromatic carbocycles. The average molecular weight is 433 g/mol. The molecule has 162 valence electrons. The predicted molar refractivity (Wildman–Crippen MR) is 117 cm³/mol. The molecular weight excluding hydrogens is 414 g/mol. The summed E-state index contributed by atoms with van der Waals surface area (Å²) in [6.07, 6.45) is 0.537. The highest BCUT2D eigenvalue weighted by Crippen LogP contribution is 2.26. The van der Waals surface area contributed by atoms with Gasteiger partial charge in [-0.1, -0.05) is 30.3 Å². The number of hydrogen-bond acceptors (Lipinski definition) is 5. The van der Waals surface area contributed by atoms with Crippen LogP contribution >= 0.6 is 0 Å². The lowest BCUT2D eigenvalue weighted by atomic mass is 10.2. The van der Waals surface area contributed by atoms with Gasteiger partial charge < -0.3 is 25.1 Å². The van der Waals surface area contributed by atoms with Gasteiger partial charge in [0.2, 0.25) is 0 Å². The van der Waals surface area contributed by atoms with Gasteiger partial charge in [-0.15, -0.1) is 0 Å². The molecule has 10 heteroatoms. The van der Waals surface area contributed by atoms with Crippen LogP contribution in [0.5, 0.6) is 11.5 Å². The van der Waals surface area contributed by atoms with Crippen molar-refractivity contribution >= 4 is 29.3 Å². The molecule has 2 amide bonds. The number of ether oxygens (including phenoxy) is 1. The summed E-state index contributed by atoms with van der Waals surface area (Å²) in [4.78, 5) is 27.9. The SMILES string of the molecule is Nc1cn2cc(Oc3ccc(N(C(=O)O)N(Cc4ccccc4)C(=O)O)cc3)ccc2n1. The van der Waals surface area contributed by atoms with E-state index in [1.54, 1.807) is 71.4 Å². The number of imidazole rings is 1. The molecule has 0 aliphatic rings. The summed E-state index contributed by atoms with van der Waals surface area (Å²) in [5, 5.41) is 20.7.